The lowest BCUT2D eigenvalue weighted by Gasteiger charge is -2.05. The maximum Gasteiger partial charge on any atom is 0.331 e. The fourth-order valence-corrected chi connectivity index (χ4v) is 1.61. The molecule has 0 aliphatic heterocycles. The Morgan fingerprint density at radius 3 is 2.60 bits per heavy atom. The van der Waals surface area contributed by atoms with Crippen LogP contribution in [0.3, 0.4) is 0 Å². The molecule has 2 rings (SSSR count). The molecule has 1 N–H and O–H groups in total. The van der Waals surface area contributed by atoms with Gasteiger partial charge in [0.1, 0.15) is 12.4 Å². The minimum absolute atomic E-state index is 0.298. The molecule has 0 saturated carbocycles. The fraction of sp³-hybridized carbons (Fsp3) is 0.125. The summed E-state index contributed by atoms with van der Waals surface area (Å²) in [6.45, 7) is 1.97. The highest BCUT2D eigenvalue weighted by Gasteiger charge is 2.00. The van der Waals surface area contributed by atoms with Crippen LogP contribution in [0.15, 0.2) is 54.2 Å². The second-order valence-electron chi connectivity index (χ2n) is 4.31. The van der Waals surface area contributed by atoms with Crippen molar-refractivity contribution in [3.05, 3.63) is 65.5 Å². The number of benzene rings is 1. The van der Waals surface area contributed by atoms with Gasteiger partial charge in [0, 0.05) is 11.8 Å². The summed E-state index contributed by atoms with van der Waals surface area (Å²) in [7, 11) is 0. The molecular formula is C16H15NO3. The number of ether oxygens (including phenoxy) is 1. The van der Waals surface area contributed by atoms with Crippen LogP contribution in [0.4, 0.5) is 0 Å². The van der Waals surface area contributed by atoms with Crippen molar-refractivity contribution >= 4 is 12.0 Å². The number of pyridine rings is 1. The fourth-order valence-electron chi connectivity index (χ4n) is 1.61. The highest BCUT2D eigenvalue weighted by molar-refractivity contribution is 5.91. The molecule has 0 radical (unpaired) electrons. The topological polar surface area (TPSA) is 59.4 Å². The molecule has 4 heteroatoms. The highest BCUT2D eigenvalue weighted by atomic mass is 16.5. The third-order valence-corrected chi connectivity index (χ3v) is 2.71. The predicted octanol–water partition coefficient (Wildman–Crippen LogP) is 3.15. The normalized spacial score (nSPS) is 11.2. The van der Waals surface area contributed by atoms with Crippen LogP contribution >= 0.6 is 0 Å². The Labute approximate surface area is 117 Å². The third kappa shape index (κ3) is 3.95. The van der Waals surface area contributed by atoms with E-state index >= 15 is 0 Å². The van der Waals surface area contributed by atoms with Crippen molar-refractivity contribution < 1.29 is 14.6 Å². The number of aromatic nitrogens is 1. The Kier molecular flexibility index (Phi) is 4.50. The number of hydrogen-bond acceptors (Lipinski definition) is 3. The van der Waals surface area contributed by atoms with Crippen molar-refractivity contribution in [1.82, 2.24) is 4.98 Å². The van der Waals surface area contributed by atoms with Crippen LogP contribution in [0, 0.1) is 0 Å². The molecule has 1 heterocycles. The molecule has 20 heavy (non-hydrogen) atoms. The van der Waals surface area contributed by atoms with Crippen LogP contribution in [-0.2, 0) is 11.4 Å². The summed E-state index contributed by atoms with van der Waals surface area (Å²) < 4.78 is 5.60. The number of nitrogens with zero attached hydrogens (tertiary/aromatic N) is 1. The Balaban J connectivity index is 1.98. The Hall–Kier alpha value is -2.62. The van der Waals surface area contributed by atoms with E-state index in [1.54, 1.807) is 19.2 Å². The molecular weight excluding hydrogens is 254 g/mol. The van der Waals surface area contributed by atoms with Crippen LogP contribution < -0.4 is 4.74 Å². The Bertz CT molecular complexity index is 603. The molecule has 0 aliphatic rings. The summed E-state index contributed by atoms with van der Waals surface area (Å²) >= 11 is 0. The number of hydrogen-bond donors (Lipinski definition) is 1. The van der Waals surface area contributed by atoms with Crippen LogP contribution in [0.5, 0.6) is 5.75 Å². The summed E-state index contributed by atoms with van der Waals surface area (Å²) in [5.41, 5.74) is 1.99. The lowest BCUT2D eigenvalue weighted by Crippen LogP contribution is -1.97. The number of aliphatic carboxylic acids is 1. The van der Waals surface area contributed by atoms with E-state index in [0.29, 0.717) is 12.2 Å². The number of carbonyl (C=O) groups is 1. The van der Waals surface area contributed by atoms with Crippen molar-refractivity contribution in [2.75, 3.05) is 0 Å². The quantitative estimate of drug-likeness (QED) is 0.847. The molecule has 0 amide bonds. The summed E-state index contributed by atoms with van der Waals surface area (Å²) in [4.78, 5) is 14.9. The molecule has 0 spiro atoms. The van der Waals surface area contributed by atoms with E-state index in [2.05, 4.69) is 4.98 Å². The minimum Gasteiger partial charge on any atom is -0.487 e. The maximum atomic E-state index is 10.7. The number of carboxylic acids is 1. The lowest BCUT2D eigenvalue weighted by molar-refractivity contribution is -0.132. The molecule has 102 valence electrons. The van der Waals surface area contributed by atoms with Crippen LogP contribution in [0.2, 0.25) is 0 Å². The van der Waals surface area contributed by atoms with E-state index in [9.17, 15) is 4.79 Å². The van der Waals surface area contributed by atoms with E-state index in [0.717, 1.165) is 17.0 Å². The molecule has 0 atom stereocenters. The summed E-state index contributed by atoms with van der Waals surface area (Å²) in [5.74, 6) is -0.193. The Morgan fingerprint density at radius 2 is 2.00 bits per heavy atom. The number of carboxylic acid groups (broad SMARTS) is 1. The van der Waals surface area contributed by atoms with Gasteiger partial charge in [-0.3, -0.25) is 4.98 Å². The van der Waals surface area contributed by atoms with Gasteiger partial charge in [0.25, 0.3) is 0 Å². The first kappa shape index (κ1) is 13.8. The molecule has 0 aliphatic carbocycles. The summed E-state index contributed by atoms with van der Waals surface area (Å²) in [6.07, 6.45) is 3.34. The molecule has 0 saturated heterocycles. The van der Waals surface area contributed by atoms with Crippen LogP contribution in [0.25, 0.3) is 6.08 Å². The van der Waals surface area contributed by atoms with Crippen LogP contribution in [0.1, 0.15) is 18.2 Å². The average Bonchev–Trinajstić information content (AvgIpc) is 2.47. The van der Waals surface area contributed by atoms with Gasteiger partial charge in [-0.15, -0.1) is 0 Å². The third-order valence-electron chi connectivity index (χ3n) is 2.71. The van der Waals surface area contributed by atoms with Gasteiger partial charge in [-0.2, -0.15) is 0 Å². The Morgan fingerprint density at radius 1 is 1.25 bits per heavy atom. The molecule has 4 nitrogen and oxygen atoms in total. The molecule has 2 aromatic rings. The highest BCUT2D eigenvalue weighted by Crippen LogP contribution is 2.15. The van der Waals surface area contributed by atoms with Gasteiger partial charge in [-0.1, -0.05) is 18.2 Å². The molecule has 0 unspecified atom stereocenters. The minimum atomic E-state index is -0.916. The van der Waals surface area contributed by atoms with Gasteiger partial charge < -0.3 is 9.84 Å². The first-order chi connectivity index (χ1) is 9.65. The van der Waals surface area contributed by atoms with Crippen molar-refractivity contribution in [1.29, 1.82) is 0 Å². The number of rotatable bonds is 5. The second-order valence-corrected chi connectivity index (χ2v) is 4.31. The summed E-state index contributed by atoms with van der Waals surface area (Å²) in [6, 6.07) is 12.9. The van der Waals surface area contributed by atoms with E-state index in [1.165, 1.54) is 0 Å². The van der Waals surface area contributed by atoms with Gasteiger partial charge in [-0.05, 0) is 42.8 Å². The van der Waals surface area contributed by atoms with Crippen molar-refractivity contribution in [3.8, 4) is 5.75 Å². The van der Waals surface area contributed by atoms with Crippen molar-refractivity contribution in [2.45, 2.75) is 13.5 Å². The predicted molar refractivity (Wildman–Crippen MR) is 76.3 cm³/mol. The lowest BCUT2D eigenvalue weighted by atomic mass is 10.1. The standard InChI is InChI=1S/C16H15NO3/c1-12(16(18)19)10-13-5-7-15(8-6-13)20-11-14-4-2-3-9-17-14/h2-10H,11H2,1H3,(H,18,19). The van der Waals surface area contributed by atoms with E-state index in [1.807, 2.05) is 42.5 Å². The second kappa shape index (κ2) is 6.52. The zero-order valence-corrected chi connectivity index (χ0v) is 11.1. The molecule has 0 fully saturated rings. The molecule has 1 aromatic carbocycles. The monoisotopic (exact) mass is 269 g/mol. The summed E-state index contributed by atoms with van der Waals surface area (Å²) in [5, 5.41) is 8.81. The van der Waals surface area contributed by atoms with E-state index < -0.39 is 5.97 Å². The smallest absolute Gasteiger partial charge is 0.331 e. The largest absolute Gasteiger partial charge is 0.487 e. The average molecular weight is 269 g/mol. The van der Waals surface area contributed by atoms with E-state index in [-0.39, 0.29) is 0 Å². The van der Waals surface area contributed by atoms with Crippen molar-refractivity contribution in [2.24, 2.45) is 0 Å². The van der Waals surface area contributed by atoms with Gasteiger partial charge in [-0.25, -0.2) is 4.79 Å². The van der Waals surface area contributed by atoms with Gasteiger partial charge in [0.15, 0.2) is 0 Å². The zero-order chi connectivity index (χ0) is 14.4. The van der Waals surface area contributed by atoms with Gasteiger partial charge in [0.05, 0.1) is 5.69 Å². The van der Waals surface area contributed by atoms with Crippen LogP contribution in [-0.4, -0.2) is 16.1 Å². The van der Waals surface area contributed by atoms with Gasteiger partial charge >= 0.3 is 5.97 Å². The van der Waals surface area contributed by atoms with E-state index in [4.69, 9.17) is 9.84 Å². The van der Waals surface area contributed by atoms with Crippen molar-refractivity contribution in [3.63, 3.8) is 0 Å². The maximum absolute atomic E-state index is 10.7. The molecule has 0 bridgehead atoms. The SMILES string of the molecule is CC(=Cc1ccc(OCc2ccccn2)cc1)C(=O)O. The first-order valence-electron chi connectivity index (χ1n) is 6.19. The zero-order valence-electron chi connectivity index (χ0n) is 11.1. The van der Waals surface area contributed by atoms with Gasteiger partial charge in [0.2, 0.25) is 0 Å². The first-order valence-corrected chi connectivity index (χ1v) is 6.19. The molecule has 1 aromatic heterocycles.